The first-order valence-electron chi connectivity index (χ1n) is 9.82. The highest BCUT2D eigenvalue weighted by Crippen LogP contribution is 2.36. The maximum atomic E-state index is 11.7. The summed E-state index contributed by atoms with van der Waals surface area (Å²) in [5.41, 5.74) is -0.370. The monoisotopic (exact) mass is 405 g/mol. The topological polar surface area (TPSA) is 88.6 Å². The highest BCUT2D eigenvalue weighted by molar-refractivity contribution is 7.16. The second-order valence-corrected chi connectivity index (χ2v) is 8.30. The van der Waals surface area contributed by atoms with Gasteiger partial charge in [0.25, 0.3) is 0 Å². The lowest BCUT2D eigenvalue weighted by Gasteiger charge is -2.32. The number of nitrogens with one attached hydrogen (secondary N) is 2. The number of carbonyl (C=O) groups excluding carboxylic acids is 1. The van der Waals surface area contributed by atoms with Crippen molar-refractivity contribution in [2.24, 2.45) is 0 Å². The van der Waals surface area contributed by atoms with Crippen molar-refractivity contribution in [3.05, 3.63) is 17.3 Å². The zero-order chi connectivity index (χ0) is 19.6. The van der Waals surface area contributed by atoms with E-state index in [4.69, 9.17) is 14.5 Å². The van der Waals surface area contributed by atoms with Crippen LogP contribution in [-0.2, 0) is 9.47 Å². The Morgan fingerprint density at radius 2 is 2.32 bits per heavy atom. The van der Waals surface area contributed by atoms with E-state index in [0.29, 0.717) is 26.3 Å². The number of nitrogens with zero attached hydrogens (tertiary/aromatic N) is 3. The molecule has 2 fully saturated rings. The molecule has 28 heavy (non-hydrogen) atoms. The van der Waals surface area contributed by atoms with E-state index in [1.807, 2.05) is 13.8 Å². The molecule has 2 aliphatic heterocycles. The number of amides is 2. The van der Waals surface area contributed by atoms with Crippen LogP contribution in [0.25, 0.3) is 10.2 Å². The summed E-state index contributed by atoms with van der Waals surface area (Å²) in [7, 11) is 0. The summed E-state index contributed by atoms with van der Waals surface area (Å²) in [6.45, 7) is 7.66. The van der Waals surface area contributed by atoms with Gasteiger partial charge in [-0.2, -0.15) is 0 Å². The van der Waals surface area contributed by atoms with Crippen LogP contribution in [0.1, 0.15) is 25.6 Å². The summed E-state index contributed by atoms with van der Waals surface area (Å²) in [4.78, 5) is 24.2. The summed E-state index contributed by atoms with van der Waals surface area (Å²) < 4.78 is 12.3. The molecule has 2 aromatic rings. The minimum atomic E-state index is -0.370. The number of ether oxygens (including phenoxy) is 2. The normalized spacial score (nSPS) is 25.2. The Kier molecular flexibility index (Phi) is 5.65. The van der Waals surface area contributed by atoms with Gasteiger partial charge in [-0.3, -0.25) is 0 Å². The van der Waals surface area contributed by atoms with E-state index in [9.17, 15) is 4.79 Å². The van der Waals surface area contributed by atoms with Crippen molar-refractivity contribution in [1.82, 2.24) is 20.6 Å². The van der Waals surface area contributed by atoms with Gasteiger partial charge in [-0.15, -0.1) is 11.3 Å². The number of hydrogen-bond donors (Lipinski definition) is 2. The lowest BCUT2D eigenvalue weighted by Crippen LogP contribution is -2.46. The fraction of sp³-hybridized carbons (Fsp3) is 0.632. The number of rotatable bonds is 4. The fourth-order valence-electron chi connectivity index (χ4n) is 3.96. The van der Waals surface area contributed by atoms with Crippen molar-refractivity contribution in [2.75, 3.05) is 44.3 Å². The number of anilines is 1. The molecule has 2 aliphatic rings. The Hall–Kier alpha value is -1.97. The Morgan fingerprint density at radius 3 is 3.18 bits per heavy atom. The van der Waals surface area contributed by atoms with Crippen LogP contribution in [0.2, 0.25) is 0 Å². The lowest BCUT2D eigenvalue weighted by molar-refractivity contribution is -0.0747. The van der Waals surface area contributed by atoms with Gasteiger partial charge in [0.2, 0.25) is 0 Å². The first kappa shape index (κ1) is 19.4. The molecule has 1 spiro atoms. The third kappa shape index (κ3) is 4.06. The number of hydrogen-bond acceptors (Lipinski definition) is 7. The van der Waals surface area contributed by atoms with Gasteiger partial charge in [-0.25, -0.2) is 14.8 Å². The van der Waals surface area contributed by atoms with Gasteiger partial charge in [-0.1, -0.05) is 0 Å². The van der Waals surface area contributed by atoms with E-state index in [1.165, 1.54) is 0 Å². The zero-order valence-corrected chi connectivity index (χ0v) is 17.2. The summed E-state index contributed by atoms with van der Waals surface area (Å²) in [5, 5.41) is 8.77. The third-order valence-corrected chi connectivity index (χ3v) is 6.04. The molecular formula is C19H27N5O3S. The van der Waals surface area contributed by atoms with Crippen LogP contribution in [0, 0.1) is 6.92 Å². The molecule has 2 aromatic heterocycles. The van der Waals surface area contributed by atoms with Crippen LogP contribution >= 0.6 is 11.3 Å². The third-order valence-electron chi connectivity index (χ3n) is 5.23. The zero-order valence-electron chi connectivity index (χ0n) is 16.4. The van der Waals surface area contributed by atoms with Crippen molar-refractivity contribution in [2.45, 2.75) is 38.4 Å². The molecule has 0 saturated carbocycles. The molecule has 9 heteroatoms. The van der Waals surface area contributed by atoms with E-state index in [-0.39, 0.29) is 17.7 Å². The van der Waals surface area contributed by atoms with Gasteiger partial charge in [-0.05, 0) is 38.1 Å². The Labute approximate surface area is 168 Å². The van der Waals surface area contributed by atoms with E-state index >= 15 is 0 Å². The molecule has 2 N–H and O–H groups in total. The van der Waals surface area contributed by atoms with E-state index in [0.717, 1.165) is 47.8 Å². The minimum Gasteiger partial charge on any atom is -0.377 e. The van der Waals surface area contributed by atoms with E-state index < -0.39 is 0 Å². The number of thiophene rings is 1. The highest BCUT2D eigenvalue weighted by atomic mass is 32.1. The predicted octanol–water partition coefficient (Wildman–Crippen LogP) is 2.07. The molecule has 4 rings (SSSR count). The summed E-state index contributed by atoms with van der Waals surface area (Å²) in [6.07, 6.45) is 1.81. The molecule has 0 bridgehead atoms. The van der Waals surface area contributed by atoms with Crippen molar-refractivity contribution >= 4 is 33.4 Å². The molecule has 2 amide bonds. The summed E-state index contributed by atoms with van der Waals surface area (Å²) in [6, 6.07) is 1.93. The fourth-order valence-corrected chi connectivity index (χ4v) is 4.77. The van der Waals surface area contributed by atoms with Crippen molar-refractivity contribution in [1.29, 1.82) is 0 Å². The Morgan fingerprint density at radius 1 is 1.43 bits per heavy atom. The predicted molar refractivity (Wildman–Crippen MR) is 109 cm³/mol. The molecule has 0 radical (unpaired) electrons. The van der Waals surface area contributed by atoms with Gasteiger partial charge in [0.05, 0.1) is 31.2 Å². The average Bonchev–Trinajstić information content (AvgIpc) is 3.23. The molecule has 2 atom stereocenters. The Bertz CT molecular complexity index is 844. The molecule has 0 unspecified atom stereocenters. The molecular weight excluding hydrogens is 378 g/mol. The summed E-state index contributed by atoms with van der Waals surface area (Å²) in [5.74, 6) is 1.74. The van der Waals surface area contributed by atoms with Crippen molar-refractivity contribution in [3.63, 3.8) is 0 Å². The van der Waals surface area contributed by atoms with Crippen LogP contribution in [0.3, 0.4) is 0 Å². The number of fused-ring (bicyclic) bond motifs is 1. The molecule has 0 aliphatic carbocycles. The quantitative estimate of drug-likeness (QED) is 0.810. The van der Waals surface area contributed by atoms with E-state index in [2.05, 4.69) is 32.0 Å². The van der Waals surface area contributed by atoms with Gasteiger partial charge in [0.1, 0.15) is 22.1 Å². The number of urea groups is 1. The van der Waals surface area contributed by atoms with Gasteiger partial charge >= 0.3 is 6.03 Å². The first-order chi connectivity index (χ1) is 13.6. The molecule has 4 heterocycles. The lowest BCUT2D eigenvalue weighted by atomic mass is 10.00. The van der Waals surface area contributed by atoms with E-state index in [1.54, 1.807) is 11.3 Å². The maximum absolute atomic E-state index is 11.7. The maximum Gasteiger partial charge on any atom is 0.314 e. The molecule has 0 aromatic carbocycles. The average molecular weight is 406 g/mol. The van der Waals surface area contributed by atoms with Crippen LogP contribution in [0.4, 0.5) is 10.6 Å². The number of aromatic nitrogens is 2. The van der Waals surface area contributed by atoms with Crippen molar-refractivity contribution < 1.29 is 14.3 Å². The van der Waals surface area contributed by atoms with Crippen LogP contribution in [-0.4, -0.2) is 67.1 Å². The van der Waals surface area contributed by atoms with Gasteiger partial charge in [0.15, 0.2) is 0 Å². The van der Waals surface area contributed by atoms with Gasteiger partial charge < -0.3 is 25.0 Å². The SMILES string of the molecule is CCNC(=O)NC[C@@H]1CC[C@@]2(COCCN(c3nc(C)nc4sccc34)C2)O1. The van der Waals surface area contributed by atoms with Gasteiger partial charge in [0, 0.05) is 19.6 Å². The molecule has 2 saturated heterocycles. The largest absolute Gasteiger partial charge is 0.377 e. The summed E-state index contributed by atoms with van der Waals surface area (Å²) >= 11 is 1.64. The number of carbonyl (C=O) groups is 1. The van der Waals surface area contributed by atoms with Crippen LogP contribution in [0.5, 0.6) is 0 Å². The first-order valence-corrected chi connectivity index (χ1v) is 10.7. The molecule has 8 nitrogen and oxygen atoms in total. The number of aryl methyl sites for hydroxylation is 1. The van der Waals surface area contributed by atoms with Crippen LogP contribution in [0.15, 0.2) is 11.4 Å². The van der Waals surface area contributed by atoms with Crippen LogP contribution < -0.4 is 15.5 Å². The second kappa shape index (κ2) is 8.18. The standard InChI is InChI=1S/C19H27N5O3S/c1-3-20-18(25)21-10-14-4-6-19(27-14)11-24(7-8-26-12-19)16-15-5-9-28-17(15)23-13(2)22-16/h5,9,14H,3-4,6-8,10-12H2,1-2H3,(H2,20,21,25)/t14-,19+/m0/s1. The Balaban J connectivity index is 1.49. The smallest absolute Gasteiger partial charge is 0.314 e. The van der Waals surface area contributed by atoms with Crippen molar-refractivity contribution in [3.8, 4) is 0 Å². The molecule has 152 valence electrons. The second-order valence-electron chi connectivity index (χ2n) is 7.41. The minimum absolute atomic E-state index is 0.000502. The highest BCUT2D eigenvalue weighted by Gasteiger charge is 2.43.